The van der Waals surface area contributed by atoms with Gasteiger partial charge in [0.1, 0.15) is 28.5 Å². The van der Waals surface area contributed by atoms with Gasteiger partial charge in [0.25, 0.3) is 5.91 Å². The zero-order valence-electron chi connectivity index (χ0n) is 15.7. The molecule has 3 aromatic rings. The maximum absolute atomic E-state index is 13.8. The molecule has 0 aliphatic carbocycles. The molecular weight excluding hydrogens is 376 g/mol. The van der Waals surface area contributed by atoms with Gasteiger partial charge in [0.2, 0.25) is 0 Å². The Hall–Kier alpha value is -3.61. The molecule has 4 rings (SSSR count). The minimum absolute atomic E-state index is 0.0848. The van der Waals surface area contributed by atoms with Gasteiger partial charge in [0.05, 0.1) is 18.1 Å². The Morgan fingerprint density at radius 3 is 2.41 bits per heavy atom. The van der Waals surface area contributed by atoms with Gasteiger partial charge in [-0.3, -0.25) is 9.78 Å². The third-order valence-corrected chi connectivity index (χ3v) is 4.40. The van der Waals surface area contributed by atoms with E-state index in [0.717, 1.165) is 29.0 Å². The van der Waals surface area contributed by atoms with Crippen molar-refractivity contribution < 1.29 is 18.3 Å². The molecule has 0 saturated carbocycles. The van der Waals surface area contributed by atoms with Gasteiger partial charge in [-0.1, -0.05) is 24.3 Å². The number of nitrogens with zero attached hydrogens (tertiary/aromatic N) is 2. The Bertz CT molecular complexity index is 1100. The number of ether oxygens (including phenoxy) is 1. The van der Waals surface area contributed by atoms with Crippen LogP contribution in [-0.4, -0.2) is 21.5 Å². The summed E-state index contributed by atoms with van der Waals surface area (Å²) in [6.07, 6.45) is 4.79. The maximum atomic E-state index is 13.8. The average Bonchev–Trinajstić information content (AvgIpc) is 2.67. The van der Waals surface area contributed by atoms with Gasteiger partial charge >= 0.3 is 0 Å². The number of hydrogen-bond donors (Lipinski definition) is 1. The van der Waals surface area contributed by atoms with Crippen LogP contribution in [0.4, 0.5) is 14.6 Å². The molecule has 7 heteroatoms. The third-order valence-electron chi connectivity index (χ3n) is 4.40. The highest BCUT2D eigenvalue weighted by Gasteiger charge is 2.27. The number of para-hydroxylation sites is 1. The zero-order valence-corrected chi connectivity index (χ0v) is 15.7. The summed E-state index contributed by atoms with van der Waals surface area (Å²) >= 11 is 0. The lowest BCUT2D eigenvalue weighted by Crippen LogP contribution is -2.29. The van der Waals surface area contributed by atoms with Crippen molar-refractivity contribution in [2.24, 2.45) is 0 Å². The van der Waals surface area contributed by atoms with E-state index in [1.807, 2.05) is 44.2 Å². The highest BCUT2D eigenvalue weighted by molar-refractivity contribution is 6.04. The first-order valence-corrected chi connectivity index (χ1v) is 8.93. The first-order valence-electron chi connectivity index (χ1n) is 8.93. The molecule has 146 valence electrons. The first kappa shape index (κ1) is 18.7. The SMILES string of the molecule is CC1(C)C=C(c2cnc(NC(=O)c3c(F)cccc3F)cn2)c2ccccc2O1. The van der Waals surface area contributed by atoms with Crippen LogP contribution in [0, 0.1) is 11.6 Å². The number of halogens is 2. The summed E-state index contributed by atoms with van der Waals surface area (Å²) in [5.41, 5.74) is 1.12. The number of anilines is 1. The summed E-state index contributed by atoms with van der Waals surface area (Å²) in [5.74, 6) is -2.00. The molecule has 1 aliphatic heterocycles. The fourth-order valence-electron chi connectivity index (χ4n) is 3.15. The number of carbonyl (C=O) groups excluding carboxylic acids is 1. The number of fused-ring (bicyclic) bond motifs is 1. The highest BCUT2D eigenvalue weighted by Crippen LogP contribution is 2.38. The molecule has 0 atom stereocenters. The summed E-state index contributed by atoms with van der Waals surface area (Å²) in [6.45, 7) is 3.88. The van der Waals surface area contributed by atoms with Crippen molar-refractivity contribution in [2.75, 3.05) is 5.32 Å². The Kier molecular flexibility index (Phi) is 4.58. The van der Waals surface area contributed by atoms with Crippen LogP contribution in [0.1, 0.15) is 35.5 Å². The van der Waals surface area contributed by atoms with Crippen molar-refractivity contribution in [3.05, 3.63) is 89.4 Å². The number of hydrogen-bond acceptors (Lipinski definition) is 4. The van der Waals surface area contributed by atoms with E-state index in [0.29, 0.717) is 5.69 Å². The minimum atomic E-state index is -0.946. The van der Waals surface area contributed by atoms with Crippen LogP contribution < -0.4 is 10.1 Å². The summed E-state index contributed by atoms with van der Waals surface area (Å²) in [7, 11) is 0. The number of carbonyl (C=O) groups is 1. The van der Waals surface area contributed by atoms with Gasteiger partial charge in [-0.25, -0.2) is 13.8 Å². The maximum Gasteiger partial charge on any atom is 0.262 e. The van der Waals surface area contributed by atoms with E-state index < -0.39 is 28.7 Å². The predicted molar refractivity (Wildman–Crippen MR) is 105 cm³/mol. The molecule has 1 amide bonds. The molecule has 0 fully saturated rings. The monoisotopic (exact) mass is 393 g/mol. The van der Waals surface area contributed by atoms with Gasteiger partial charge in [-0.05, 0) is 38.1 Å². The largest absolute Gasteiger partial charge is 0.483 e. The summed E-state index contributed by atoms with van der Waals surface area (Å²) in [4.78, 5) is 20.8. The standard InChI is InChI=1S/C22H17F2N3O2/c1-22(2)10-14(13-6-3-4-9-18(13)29-22)17-11-26-19(12-25-17)27-21(28)20-15(23)7-5-8-16(20)24/h3-12H,1-2H3,(H,26,27,28). The summed E-state index contributed by atoms with van der Waals surface area (Å²) in [5, 5.41) is 2.37. The van der Waals surface area contributed by atoms with Crippen LogP contribution in [0.15, 0.2) is 60.9 Å². The van der Waals surface area contributed by atoms with Gasteiger partial charge < -0.3 is 10.1 Å². The number of rotatable bonds is 3. The number of aromatic nitrogens is 2. The smallest absolute Gasteiger partial charge is 0.262 e. The van der Waals surface area contributed by atoms with Gasteiger partial charge in [-0.15, -0.1) is 0 Å². The molecule has 0 bridgehead atoms. The zero-order chi connectivity index (χ0) is 20.6. The van der Waals surface area contributed by atoms with E-state index in [4.69, 9.17) is 4.74 Å². The van der Waals surface area contributed by atoms with E-state index in [1.165, 1.54) is 18.5 Å². The van der Waals surface area contributed by atoms with Crippen molar-refractivity contribution in [2.45, 2.75) is 19.4 Å². The van der Waals surface area contributed by atoms with Gasteiger partial charge in [0, 0.05) is 11.1 Å². The minimum Gasteiger partial charge on any atom is -0.483 e. The topological polar surface area (TPSA) is 64.1 Å². The molecule has 1 N–H and O–H groups in total. The van der Waals surface area contributed by atoms with Crippen molar-refractivity contribution in [1.82, 2.24) is 9.97 Å². The fourth-order valence-corrected chi connectivity index (χ4v) is 3.15. The van der Waals surface area contributed by atoms with Crippen molar-refractivity contribution in [3.63, 3.8) is 0 Å². The third kappa shape index (κ3) is 3.71. The molecule has 1 aromatic heterocycles. The molecule has 1 aliphatic rings. The van der Waals surface area contributed by atoms with Gasteiger partial charge in [-0.2, -0.15) is 0 Å². The average molecular weight is 393 g/mol. The van der Waals surface area contributed by atoms with Gasteiger partial charge in [0.15, 0.2) is 5.82 Å². The lowest BCUT2D eigenvalue weighted by atomic mass is 9.93. The van der Waals surface area contributed by atoms with Crippen LogP contribution >= 0.6 is 0 Å². The molecule has 0 unspecified atom stereocenters. The molecule has 2 heterocycles. The van der Waals surface area contributed by atoms with E-state index in [2.05, 4.69) is 15.3 Å². The molecule has 5 nitrogen and oxygen atoms in total. The van der Waals surface area contributed by atoms with E-state index >= 15 is 0 Å². The summed E-state index contributed by atoms with van der Waals surface area (Å²) in [6, 6.07) is 10.8. The predicted octanol–water partition coefficient (Wildman–Crippen LogP) is 4.61. The van der Waals surface area contributed by atoms with Crippen LogP contribution in [0.25, 0.3) is 5.57 Å². The number of amides is 1. The number of benzene rings is 2. The Morgan fingerprint density at radius 1 is 1.00 bits per heavy atom. The molecule has 0 spiro atoms. The molecule has 29 heavy (non-hydrogen) atoms. The van der Waals surface area contributed by atoms with Crippen LogP contribution in [0.5, 0.6) is 5.75 Å². The van der Waals surface area contributed by atoms with Crippen LogP contribution in [0.2, 0.25) is 0 Å². The lowest BCUT2D eigenvalue weighted by Gasteiger charge is -2.30. The van der Waals surface area contributed by atoms with Crippen molar-refractivity contribution in [1.29, 1.82) is 0 Å². The lowest BCUT2D eigenvalue weighted by molar-refractivity contribution is 0.101. The second kappa shape index (κ2) is 7.09. The Balaban J connectivity index is 1.62. The fraction of sp³-hybridized carbons (Fsp3) is 0.136. The Morgan fingerprint density at radius 2 is 1.72 bits per heavy atom. The molecule has 0 radical (unpaired) electrons. The Labute approximate surface area is 166 Å². The second-order valence-electron chi connectivity index (χ2n) is 7.10. The van der Waals surface area contributed by atoms with Crippen molar-refractivity contribution >= 4 is 17.3 Å². The first-order chi connectivity index (χ1) is 13.8. The number of nitrogens with one attached hydrogen (secondary N) is 1. The highest BCUT2D eigenvalue weighted by atomic mass is 19.1. The normalized spacial score (nSPS) is 14.4. The van der Waals surface area contributed by atoms with Crippen LogP contribution in [-0.2, 0) is 0 Å². The van der Waals surface area contributed by atoms with E-state index in [-0.39, 0.29) is 5.82 Å². The molecule has 2 aromatic carbocycles. The van der Waals surface area contributed by atoms with Crippen molar-refractivity contribution in [3.8, 4) is 5.75 Å². The van der Waals surface area contributed by atoms with Crippen LogP contribution in [0.3, 0.4) is 0 Å². The molecular formula is C22H17F2N3O2. The van der Waals surface area contributed by atoms with E-state index in [1.54, 1.807) is 0 Å². The second-order valence-corrected chi connectivity index (χ2v) is 7.10. The van der Waals surface area contributed by atoms with E-state index in [9.17, 15) is 13.6 Å². The summed E-state index contributed by atoms with van der Waals surface area (Å²) < 4.78 is 33.5. The molecule has 0 saturated heterocycles. The quantitative estimate of drug-likeness (QED) is 0.706.